The largest absolute Gasteiger partial charge is 0.551 e. The fourth-order valence-corrected chi connectivity index (χ4v) is 4.96. The van der Waals surface area contributed by atoms with Crippen LogP contribution in [0.25, 0.3) is 38.6 Å². The van der Waals surface area contributed by atoms with Gasteiger partial charge < -0.3 is 9.22 Å². The van der Waals surface area contributed by atoms with Gasteiger partial charge in [0.15, 0.2) is 0 Å². The van der Waals surface area contributed by atoms with Gasteiger partial charge >= 0.3 is 6.92 Å². The van der Waals surface area contributed by atoms with Crippen LogP contribution in [0, 0.1) is 0 Å². The number of fused-ring (bicyclic) bond motifs is 7. The van der Waals surface area contributed by atoms with Crippen molar-refractivity contribution < 1.29 is 4.65 Å². The molecule has 0 saturated heterocycles. The van der Waals surface area contributed by atoms with Gasteiger partial charge in [0.2, 0.25) is 0 Å². The van der Waals surface area contributed by atoms with Crippen LogP contribution in [0.2, 0.25) is 0 Å². The van der Waals surface area contributed by atoms with E-state index >= 15 is 0 Å². The van der Waals surface area contributed by atoms with E-state index in [0.717, 1.165) is 5.75 Å². The van der Waals surface area contributed by atoms with Gasteiger partial charge in [-0.3, -0.25) is 0 Å². The number of aromatic nitrogens is 1. The molecule has 2 aliphatic rings. The predicted molar refractivity (Wildman–Crippen MR) is 112 cm³/mol. The minimum atomic E-state index is -0.0633. The first-order valence-corrected chi connectivity index (χ1v) is 9.33. The second-order valence-corrected chi connectivity index (χ2v) is 7.33. The molecule has 27 heavy (non-hydrogen) atoms. The molecule has 0 aliphatic carbocycles. The zero-order valence-corrected chi connectivity index (χ0v) is 14.5. The van der Waals surface area contributed by atoms with Gasteiger partial charge in [-0.1, -0.05) is 66.7 Å². The third-order valence-corrected chi connectivity index (χ3v) is 6.02. The number of para-hydroxylation sites is 3. The number of hydrogen-bond acceptors (Lipinski definition) is 1. The van der Waals surface area contributed by atoms with E-state index < -0.39 is 0 Å². The van der Waals surface area contributed by atoms with Gasteiger partial charge in [0.05, 0.1) is 11.0 Å². The van der Waals surface area contributed by atoms with E-state index in [4.69, 9.17) is 4.65 Å². The average molecular weight is 343 g/mol. The lowest BCUT2D eigenvalue weighted by Gasteiger charge is -2.32. The molecule has 0 radical (unpaired) electrons. The van der Waals surface area contributed by atoms with Crippen molar-refractivity contribution in [2.45, 2.75) is 0 Å². The van der Waals surface area contributed by atoms with Crippen LogP contribution in [-0.2, 0) is 0 Å². The zero-order chi connectivity index (χ0) is 17.5. The highest BCUT2D eigenvalue weighted by Gasteiger charge is 2.40. The molecular weight excluding hydrogens is 329 g/mol. The average Bonchev–Trinajstić information content (AvgIpc) is 3.07. The maximum Gasteiger partial charge on any atom is 0.431 e. The summed E-state index contributed by atoms with van der Waals surface area (Å²) in [7, 11) is 0. The van der Waals surface area contributed by atoms with E-state index in [9.17, 15) is 0 Å². The number of nitrogens with zero attached hydrogens (tertiary/aromatic N) is 1. The summed E-state index contributed by atoms with van der Waals surface area (Å²) >= 11 is 0. The summed E-state index contributed by atoms with van der Waals surface area (Å²) in [5.41, 5.74) is 8.74. The molecule has 2 aliphatic heterocycles. The Labute approximate surface area is 156 Å². The molecule has 3 heteroatoms. The second kappa shape index (κ2) is 4.63. The van der Waals surface area contributed by atoms with Crippen molar-refractivity contribution in [3.05, 3.63) is 84.9 Å². The van der Waals surface area contributed by atoms with Crippen LogP contribution in [0.15, 0.2) is 84.9 Å². The smallest absolute Gasteiger partial charge is 0.431 e. The molecule has 7 rings (SSSR count). The topological polar surface area (TPSA) is 14.2 Å². The molecule has 0 amide bonds. The number of benzene rings is 4. The van der Waals surface area contributed by atoms with E-state index in [2.05, 4.69) is 83.4 Å². The van der Waals surface area contributed by atoms with Crippen LogP contribution >= 0.6 is 0 Å². The summed E-state index contributed by atoms with van der Waals surface area (Å²) in [6, 6.07) is 30.3. The summed E-state index contributed by atoms with van der Waals surface area (Å²) in [6.45, 7) is -0.0633. The van der Waals surface area contributed by atoms with Crippen LogP contribution in [0.4, 0.5) is 0 Å². The third-order valence-electron chi connectivity index (χ3n) is 6.02. The first-order valence-electron chi connectivity index (χ1n) is 9.33. The molecule has 0 atom stereocenters. The van der Waals surface area contributed by atoms with Crippen molar-refractivity contribution in [1.29, 1.82) is 0 Å². The van der Waals surface area contributed by atoms with E-state index in [0.29, 0.717) is 0 Å². The monoisotopic (exact) mass is 343 g/mol. The molecule has 0 N–H and O–H groups in total. The van der Waals surface area contributed by atoms with Crippen LogP contribution in [-0.4, -0.2) is 11.5 Å². The van der Waals surface area contributed by atoms with Gasteiger partial charge in [-0.15, -0.1) is 0 Å². The van der Waals surface area contributed by atoms with Crippen molar-refractivity contribution in [2.75, 3.05) is 0 Å². The molecule has 4 aromatic carbocycles. The lowest BCUT2D eigenvalue weighted by molar-refractivity contribution is 0.590. The predicted octanol–water partition coefficient (Wildman–Crippen LogP) is 4.26. The first kappa shape index (κ1) is 13.7. The molecule has 1 aromatic heterocycles. The number of hydrogen-bond donors (Lipinski definition) is 0. The highest BCUT2D eigenvalue weighted by atomic mass is 16.4. The Balaban J connectivity index is 1.73. The maximum absolute atomic E-state index is 6.57. The Morgan fingerprint density at radius 3 is 2.44 bits per heavy atom. The SMILES string of the molecule is c1ccc2c(c1)OB1c3c-2cccc3-n2c3ccccc3c3cccc1c32. The van der Waals surface area contributed by atoms with Crippen molar-refractivity contribution in [3.63, 3.8) is 0 Å². The van der Waals surface area contributed by atoms with Crippen LogP contribution < -0.4 is 15.6 Å². The lowest BCUT2D eigenvalue weighted by Crippen LogP contribution is -2.54. The Morgan fingerprint density at radius 1 is 0.667 bits per heavy atom. The second-order valence-electron chi connectivity index (χ2n) is 7.33. The Kier molecular flexibility index (Phi) is 2.35. The fourth-order valence-electron chi connectivity index (χ4n) is 4.96. The summed E-state index contributed by atoms with van der Waals surface area (Å²) in [4.78, 5) is 0. The molecule has 0 fully saturated rings. The summed E-state index contributed by atoms with van der Waals surface area (Å²) in [5, 5.41) is 2.59. The maximum atomic E-state index is 6.57. The van der Waals surface area contributed by atoms with Crippen LogP contribution in [0.5, 0.6) is 5.75 Å². The summed E-state index contributed by atoms with van der Waals surface area (Å²) < 4.78 is 8.99. The normalized spacial score (nSPS) is 13.4. The van der Waals surface area contributed by atoms with Crippen molar-refractivity contribution in [1.82, 2.24) is 4.57 Å². The lowest BCUT2D eigenvalue weighted by atomic mass is 9.50. The van der Waals surface area contributed by atoms with Gasteiger partial charge in [-0.05, 0) is 29.2 Å². The van der Waals surface area contributed by atoms with Crippen LogP contribution in [0.3, 0.4) is 0 Å². The molecule has 124 valence electrons. The molecule has 2 nitrogen and oxygen atoms in total. The van der Waals surface area contributed by atoms with Crippen molar-refractivity contribution in [3.8, 4) is 22.6 Å². The Hall–Kier alpha value is -3.46. The van der Waals surface area contributed by atoms with E-state index in [1.165, 1.54) is 49.5 Å². The van der Waals surface area contributed by atoms with Crippen LogP contribution in [0.1, 0.15) is 0 Å². The van der Waals surface area contributed by atoms with Crippen molar-refractivity contribution >= 4 is 39.6 Å². The molecule has 0 spiro atoms. The van der Waals surface area contributed by atoms with Gasteiger partial charge in [-0.25, -0.2) is 0 Å². The Morgan fingerprint density at radius 2 is 1.44 bits per heavy atom. The van der Waals surface area contributed by atoms with E-state index in [-0.39, 0.29) is 6.92 Å². The van der Waals surface area contributed by atoms with Gasteiger partial charge in [0.25, 0.3) is 0 Å². The standard InChI is InChI=1S/C24H14BNO/c1-3-12-20-15(7-1)18-10-5-11-19-24(18)26(20)21-13-6-9-17-16-8-2-4-14-22(16)27-25(19)23(17)21/h1-14H. The molecule has 3 heterocycles. The highest BCUT2D eigenvalue weighted by Crippen LogP contribution is 2.39. The molecule has 0 saturated carbocycles. The fraction of sp³-hybridized carbons (Fsp3) is 0. The van der Waals surface area contributed by atoms with Gasteiger partial charge in [0.1, 0.15) is 5.75 Å². The molecule has 0 bridgehead atoms. The zero-order valence-electron chi connectivity index (χ0n) is 14.5. The van der Waals surface area contributed by atoms with E-state index in [1.807, 2.05) is 6.07 Å². The quantitative estimate of drug-likeness (QED) is 0.383. The third kappa shape index (κ3) is 1.54. The van der Waals surface area contributed by atoms with Gasteiger partial charge in [-0.2, -0.15) is 0 Å². The molecule has 0 unspecified atom stereocenters. The van der Waals surface area contributed by atoms with Crippen molar-refractivity contribution in [2.24, 2.45) is 0 Å². The van der Waals surface area contributed by atoms with E-state index in [1.54, 1.807) is 0 Å². The highest BCUT2D eigenvalue weighted by molar-refractivity contribution is 6.85. The minimum Gasteiger partial charge on any atom is -0.551 e. The summed E-state index contributed by atoms with van der Waals surface area (Å²) in [5.74, 6) is 0.966. The first-order chi connectivity index (χ1) is 13.4. The van der Waals surface area contributed by atoms with Gasteiger partial charge in [0, 0.05) is 27.5 Å². The number of rotatable bonds is 0. The molecule has 5 aromatic rings. The minimum absolute atomic E-state index is 0.0633. The Bertz CT molecular complexity index is 1420. The summed E-state index contributed by atoms with van der Waals surface area (Å²) in [6.07, 6.45) is 0. The molecular formula is C24H14BNO.